The summed E-state index contributed by atoms with van der Waals surface area (Å²) in [5.74, 6) is 0. The van der Waals surface area contributed by atoms with Crippen molar-refractivity contribution < 1.29 is 9.31 Å². The lowest BCUT2D eigenvalue weighted by molar-refractivity contribution is 0.00578. The fourth-order valence-corrected chi connectivity index (χ4v) is 4.00. The molecule has 4 rings (SSSR count). The maximum Gasteiger partial charge on any atom is 0.494 e. The van der Waals surface area contributed by atoms with E-state index < -0.39 is 7.12 Å². The van der Waals surface area contributed by atoms with E-state index >= 15 is 0 Å². The Labute approximate surface area is 145 Å². The molecule has 0 unspecified atom stereocenters. The molecule has 3 nitrogen and oxygen atoms in total. The van der Waals surface area contributed by atoms with Crippen LogP contribution in [0.3, 0.4) is 0 Å². The minimum absolute atomic E-state index is 0.0673. The number of rotatable bonds is 1. The molecule has 0 amide bonds. The maximum atomic E-state index is 12.8. The van der Waals surface area contributed by atoms with Crippen LogP contribution in [0.1, 0.15) is 27.7 Å². The normalized spacial score (nSPS) is 19.2. The van der Waals surface area contributed by atoms with E-state index in [1.807, 2.05) is 70.2 Å². The van der Waals surface area contributed by atoms with Gasteiger partial charge in [0.1, 0.15) is 0 Å². The van der Waals surface area contributed by atoms with Gasteiger partial charge in [0.05, 0.1) is 11.2 Å². The molecule has 1 aromatic heterocycles. The molecule has 2 heterocycles. The Kier molecular flexibility index (Phi) is 3.40. The summed E-state index contributed by atoms with van der Waals surface area (Å²) < 4.78 is 14.2. The van der Waals surface area contributed by atoms with Crippen LogP contribution in [0.5, 0.6) is 0 Å². The zero-order valence-electron chi connectivity index (χ0n) is 14.3. The lowest BCUT2D eigenvalue weighted by atomic mass is 9.78. The smallest absolute Gasteiger partial charge is 0.399 e. The van der Waals surface area contributed by atoms with Crippen molar-refractivity contribution in [1.29, 1.82) is 0 Å². The summed E-state index contributed by atoms with van der Waals surface area (Å²) in [5.41, 5.74) is 0.177. The first-order valence-electron chi connectivity index (χ1n) is 8.10. The third-order valence-electron chi connectivity index (χ3n) is 5.13. The topological polar surface area (TPSA) is 35.5 Å². The van der Waals surface area contributed by atoms with Gasteiger partial charge in [-0.25, -0.2) is 0 Å². The molecule has 0 N–H and O–H groups in total. The van der Waals surface area contributed by atoms with Crippen molar-refractivity contribution in [2.45, 2.75) is 38.9 Å². The van der Waals surface area contributed by atoms with Gasteiger partial charge in [-0.2, -0.15) is 0 Å². The molecule has 0 spiro atoms. The minimum Gasteiger partial charge on any atom is -0.399 e. The molecule has 2 aromatic carbocycles. The summed E-state index contributed by atoms with van der Waals surface area (Å²) in [6, 6.07) is 13.6. The maximum absolute atomic E-state index is 12.8. The summed E-state index contributed by atoms with van der Waals surface area (Å²) in [4.78, 5) is 12.8. The third-order valence-corrected chi connectivity index (χ3v) is 6.28. The Morgan fingerprint density at radius 1 is 0.875 bits per heavy atom. The first-order valence-corrected chi connectivity index (χ1v) is 8.91. The van der Waals surface area contributed by atoms with Crippen molar-refractivity contribution in [2.24, 2.45) is 0 Å². The van der Waals surface area contributed by atoms with Gasteiger partial charge in [0.25, 0.3) is 0 Å². The van der Waals surface area contributed by atoms with Gasteiger partial charge in [-0.15, -0.1) is 11.3 Å². The molecular formula is C19H19BO3S. The van der Waals surface area contributed by atoms with Crippen LogP contribution in [0.15, 0.2) is 47.3 Å². The van der Waals surface area contributed by atoms with Crippen LogP contribution in [0.2, 0.25) is 0 Å². The summed E-state index contributed by atoms with van der Waals surface area (Å²) in [7, 11) is -0.449. The van der Waals surface area contributed by atoms with Gasteiger partial charge in [-0.3, -0.25) is 4.79 Å². The quantitative estimate of drug-likeness (QED) is 0.501. The zero-order chi connectivity index (χ0) is 17.1. The van der Waals surface area contributed by atoms with Gasteiger partial charge in [0.2, 0.25) is 0 Å². The number of fused-ring (bicyclic) bond motifs is 2. The summed E-state index contributed by atoms with van der Waals surface area (Å²) in [5, 5.41) is 1.49. The molecule has 0 aliphatic carbocycles. The highest BCUT2D eigenvalue weighted by atomic mass is 32.1. The monoisotopic (exact) mass is 338 g/mol. The first-order chi connectivity index (χ1) is 11.3. The molecule has 0 bridgehead atoms. The van der Waals surface area contributed by atoms with Gasteiger partial charge < -0.3 is 9.31 Å². The average Bonchev–Trinajstić information content (AvgIpc) is 2.75. The van der Waals surface area contributed by atoms with E-state index in [0.717, 1.165) is 25.6 Å². The molecular weight excluding hydrogens is 319 g/mol. The Balaban J connectivity index is 1.86. The van der Waals surface area contributed by atoms with Gasteiger partial charge in [-0.05, 0) is 57.4 Å². The van der Waals surface area contributed by atoms with Crippen molar-refractivity contribution in [1.82, 2.24) is 0 Å². The van der Waals surface area contributed by atoms with E-state index in [2.05, 4.69) is 0 Å². The molecule has 1 aliphatic heterocycles. The van der Waals surface area contributed by atoms with Crippen LogP contribution in [-0.4, -0.2) is 18.3 Å². The minimum atomic E-state index is -0.449. The predicted octanol–water partition coefficient (Wildman–Crippen LogP) is 3.71. The van der Waals surface area contributed by atoms with Crippen molar-refractivity contribution in [3.8, 4) is 0 Å². The average molecular weight is 338 g/mol. The van der Waals surface area contributed by atoms with Crippen molar-refractivity contribution >= 4 is 44.1 Å². The summed E-state index contributed by atoms with van der Waals surface area (Å²) in [6.45, 7) is 8.12. The number of benzene rings is 2. The molecule has 3 aromatic rings. The van der Waals surface area contributed by atoms with Gasteiger partial charge in [0.15, 0.2) is 5.43 Å². The standard InChI is InChI=1S/C19H19BO3S/c1-18(2)19(3,4)23-20(22-18)12-9-10-16-14(11-12)17(21)13-7-5-6-8-15(13)24-16/h5-11H,1-4H3. The van der Waals surface area contributed by atoms with Crippen LogP contribution >= 0.6 is 11.3 Å². The van der Waals surface area contributed by atoms with E-state index in [4.69, 9.17) is 9.31 Å². The van der Waals surface area contributed by atoms with Crippen molar-refractivity contribution in [2.75, 3.05) is 0 Å². The Morgan fingerprint density at radius 3 is 2.21 bits per heavy atom. The number of hydrogen-bond donors (Lipinski definition) is 0. The molecule has 1 saturated heterocycles. The first kappa shape index (κ1) is 15.8. The van der Waals surface area contributed by atoms with Crippen LogP contribution in [0.25, 0.3) is 20.2 Å². The second-order valence-corrected chi connectivity index (χ2v) is 8.35. The second-order valence-electron chi connectivity index (χ2n) is 7.27. The van der Waals surface area contributed by atoms with Gasteiger partial charge in [-0.1, -0.05) is 18.2 Å². The molecule has 0 radical (unpaired) electrons. The van der Waals surface area contributed by atoms with Crippen LogP contribution in [0.4, 0.5) is 0 Å². The van der Waals surface area contributed by atoms with Crippen LogP contribution < -0.4 is 10.9 Å². The largest absolute Gasteiger partial charge is 0.494 e. The number of hydrogen-bond acceptors (Lipinski definition) is 4. The molecule has 122 valence electrons. The molecule has 24 heavy (non-hydrogen) atoms. The fraction of sp³-hybridized carbons (Fsp3) is 0.316. The van der Waals surface area contributed by atoms with Crippen molar-refractivity contribution in [3.63, 3.8) is 0 Å². The van der Waals surface area contributed by atoms with Crippen LogP contribution in [0, 0.1) is 0 Å². The van der Waals surface area contributed by atoms with Crippen molar-refractivity contribution in [3.05, 3.63) is 52.7 Å². The highest BCUT2D eigenvalue weighted by molar-refractivity contribution is 7.24. The molecule has 1 fully saturated rings. The van der Waals surface area contributed by atoms with E-state index in [0.29, 0.717) is 0 Å². The summed E-state index contributed by atoms with van der Waals surface area (Å²) >= 11 is 1.63. The SMILES string of the molecule is CC1(C)OB(c2ccc3sc4ccccc4c(=O)c3c2)OC1(C)C. The van der Waals surface area contributed by atoms with E-state index in [-0.39, 0.29) is 16.6 Å². The molecule has 1 aliphatic rings. The van der Waals surface area contributed by atoms with Gasteiger partial charge >= 0.3 is 7.12 Å². The zero-order valence-corrected chi connectivity index (χ0v) is 15.1. The molecule has 0 atom stereocenters. The second kappa shape index (κ2) is 5.15. The lowest BCUT2D eigenvalue weighted by Gasteiger charge is -2.32. The highest BCUT2D eigenvalue weighted by Gasteiger charge is 2.51. The molecule has 5 heteroatoms. The van der Waals surface area contributed by atoms with Crippen LogP contribution in [-0.2, 0) is 9.31 Å². The molecule has 0 saturated carbocycles. The van der Waals surface area contributed by atoms with Gasteiger partial charge in [0, 0.05) is 20.2 Å². The Morgan fingerprint density at radius 2 is 1.50 bits per heavy atom. The predicted molar refractivity (Wildman–Crippen MR) is 101 cm³/mol. The lowest BCUT2D eigenvalue weighted by Crippen LogP contribution is -2.41. The summed E-state index contributed by atoms with van der Waals surface area (Å²) in [6.07, 6.45) is 0. The Bertz CT molecular complexity index is 990. The van der Waals surface area contributed by atoms with E-state index in [1.54, 1.807) is 11.3 Å². The third kappa shape index (κ3) is 2.31. The highest BCUT2D eigenvalue weighted by Crippen LogP contribution is 2.36. The Hall–Kier alpha value is -1.69. The van der Waals surface area contributed by atoms with E-state index in [1.165, 1.54) is 0 Å². The fourth-order valence-electron chi connectivity index (χ4n) is 2.95. The van der Waals surface area contributed by atoms with E-state index in [9.17, 15) is 4.79 Å².